The fraction of sp³-hybridized carbons (Fsp3) is 0.278. The van der Waals surface area contributed by atoms with Crippen LogP contribution in [0.2, 0.25) is 0 Å². The lowest BCUT2D eigenvalue weighted by atomic mass is 10.1. The summed E-state index contributed by atoms with van der Waals surface area (Å²) in [4.78, 5) is 11.7. The lowest BCUT2D eigenvalue weighted by Crippen LogP contribution is -2.37. The van der Waals surface area contributed by atoms with Crippen molar-refractivity contribution in [2.45, 2.75) is 20.4 Å². The van der Waals surface area contributed by atoms with Gasteiger partial charge in [-0.2, -0.15) is 0 Å². The van der Waals surface area contributed by atoms with E-state index in [1.165, 1.54) is 5.56 Å². The predicted molar refractivity (Wildman–Crippen MR) is 89.8 cm³/mol. The predicted octanol–water partition coefficient (Wildman–Crippen LogP) is 3.15. The third kappa shape index (κ3) is 5.21. The SMILES string of the molecule is COc1cccc(CNC(=O)NCOc2ccc(C)c(C)c2)c1. The molecule has 0 heterocycles. The maximum atomic E-state index is 11.7. The highest BCUT2D eigenvalue weighted by Gasteiger charge is 2.02. The van der Waals surface area contributed by atoms with Gasteiger partial charge >= 0.3 is 6.03 Å². The van der Waals surface area contributed by atoms with Crippen molar-refractivity contribution in [1.82, 2.24) is 10.6 Å². The Morgan fingerprint density at radius 2 is 1.83 bits per heavy atom. The number of carbonyl (C=O) groups excluding carboxylic acids is 1. The van der Waals surface area contributed by atoms with Crippen LogP contribution in [0.1, 0.15) is 16.7 Å². The van der Waals surface area contributed by atoms with E-state index in [0.717, 1.165) is 22.6 Å². The van der Waals surface area contributed by atoms with Crippen molar-refractivity contribution in [3.63, 3.8) is 0 Å². The number of carbonyl (C=O) groups is 1. The van der Waals surface area contributed by atoms with Crippen LogP contribution < -0.4 is 20.1 Å². The van der Waals surface area contributed by atoms with E-state index in [9.17, 15) is 4.79 Å². The number of methoxy groups -OCH3 is 1. The summed E-state index contributed by atoms with van der Waals surface area (Å²) in [6.45, 7) is 4.61. The number of hydrogen-bond donors (Lipinski definition) is 2. The molecule has 2 rings (SSSR count). The smallest absolute Gasteiger partial charge is 0.317 e. The molecule has 0 aliphatic rings. The van der Waals surface area contributed by atoms with E-state index in [4.69, 9.17) is 9.47 Å². The number of aryl methyl sites for hydroxylation is 2. The molecule has 0 unspecified atom stereocenters. The third-order valence-electron chi connectivity index (χ3n) is 3.54. The highest BCUT2D eigenvalue weighted by molar-refractivity contribution is 5.73. The number of amides is 2. The van der Waals surface area contributed by atoms with Gasteiger partial charge in [0.25, 0.3) is 0 Å². The quantitative estimate of drug-likeness (QED) is 0.805. The lowest BCUT2D eigenvalue weighted by molar-refractivity contribution is 0.223. The van der Waals surface area contributed by atoms with Crippen molar-refractivity contribution in [2.24, 2.45) is 0 Å². The van der Waals surface area contributed by atoms with Crippen molar-refractivity contribution in [3.8, 4) is 11.5 Å². The number of benzene rings is 2. The van der Waals surface area contributed by atoms with Crippen molar-refractivity contribution in [2.75, 3.05) is 13.8 Å². The largest absolute Gasteiger partial charge is 0.497 e. The van der Waals surface area contributed by atoms with Gasteiger partial charge in [0.2, 0.25) is 0 Å². The highest BCUT2D eigenvalue weighted by atomic mass is 16.5. The summed E-state index contributed by atoms with van der Waals surface area (Å²) in [5.41, 5.74) is 3.33. The molecule has 2 amide bonds. The molecule has 122 valence electrons. The summed E-state index contributed by atoms with van der Waals surface area (Å²) in [7, 11) is 1.61. The Bertz CT molecular complexity index is 671. The first-order valence-electron chi connectivity index (χ1n) is 7.43. The second-order valence-corrected chi connectivity index (χ2v) is 5.25. The molecule has 0 aromatic heterocycles. The Labute approximate surface area is 136 Å². The van der Waals surface area contributed by atoms with Gasteiger partial charge in [0.05, 0.1) is 7.11 Å². The molecular weight excluding hydrogens is 292 g/mol. The molecule has 0 atom stereocenters. The van der Waals surface area contributed by atoms with E-state index in [1.54, 1.807) is 7.11 Å². The maximum Gasteiger partial charge on any atom is 0.317 e. The van der Waals surface area contributed by atoms with E-state index in [2.05, 4.69) is 10.6 Å². The van der Waals surface area contributed by atoms with Crippen LogP contribution in [0.15, 0.2) is 42.5 Å². The minimum absolute atomic E-state index is 0.118. The van der Waals surface area contributed by atoms with Gasteiger partial charge in [0.15, 0.2) is 6.73 Å². The van der Waals surface area contributed by atoms with Crippen molar-refractivity contribution >= 4 is 6.03 Å². The fourth-order valence-corrected chi connectivity index (χ4v) is 2.02. The first-order valence-corrected chi connectivity index (χ1v) is 7.43. The van der Waals surface area contributed by atoms with E-state index < -0.39 is 0 Å². The molecule has 2 aromatic rings. The van der Waals surface area contributed by atoms with Gasteiger partial charge < -0.3 is 20.1 Å². The van der Waals surface area contributed by atoms with Gasteiger partial charge in [-0.3, -0.25) is 0 Å². The van der Waals surface area contributed by atoms with Gasteiger partial charge in [-0.05, 0) is 54.8 Å². The van der Waals surface area contributed by atoms with Gasteiger partial charge in [0.1, 0.15) is 11.5 Å². The standard InChI is InChI=1S/C18H22N2O3/c1-13-7-8-17(9-14(13)2)23-12-20-18(21)19-11-15-5-4-6-16(10-15)22-3/h4-10H,11-12H2,1-3H3,(H2,19,20,21). The normalized spacial score (nSPS) is 10.0. The topological polar surface area (TPSA) is 59.6 Å². The van der Waals surface area contributed by atoms with Gasteiger partial charge in [-0.25, -0.2) is 4.79 Å². The second-order valence-electron chi connectivity index (χ2n) is 5.25. The molecule has 0 bridgehead atoms. The maximum absolute atomic E-state index is 11.7. The lowest BCUT2D eigenvalue weighted by Gasteiger charge is -2.11. The summed E-state index contributed by atoms with van der Waals surface area (Å²) in [6, 6.07) is 13.1. The van der Waals surface area contributed by atoms with Gasteiger partial charge in [-0.15, -0.1) is 0 Å². The minimum Gasteiger partial charge on any atom is -0.497 e. The molecule has 0 aliphatic carbocycles. The van der Waals surface area contributed by atoms with E-state index in [1.807, 2.05) is 56.3 Å². The molecule has 0 radical (unpaired) electrons. The Hall–Kier alpha value is -2.69. The van der Waals surface area contributed by atoms with Crippen LogP contribution in [0, 0.1) is 13.8 Å². The summed E-state index contributed by atoms with van der Waals surface area (Å²) < 4.78 is 10.7. The van der Waals surface area contributed by atoms with Crippen LogP contribution in [0.4, 0.5) is 4.79 Å². The Balaban J connectivity index is 1.73. The number of ether oxygens (including phenoxy) is 2. The van der Waals surface area contributed by atoms with E-state index in [0.29, 0.717) is 6.54 Å². The molecule has 2 aromatic carbocycles. The first-order chi connectivity index (χ1) is 11.1. The molecule has 23 heavy (non-hydrogen) atoms. The molecular formula is C18H22N2O3. The number of urea groups is 1. The zero-order valence-electron chi connectivity index (χ0n) is 13.7. The molecule has 0 saturated heterocycles. The Morgan fingerprint density at radius 3 is 2.57 bits per heavy atom. The van der Waals surface area contributed by atoms with Crippen molar-refractivity contribution in [3.05, 3.63) is 59.2 Å². The zero-order valence-corrected chi connectivity index (χ0v) is 13.7. The molecule has 2 N–H and O–H groups in total. The van der Waals surface area contributed by atoms with Gasteiger partial charge in [-0.1, -0.05) is 18.2 Å². The van der Waals surface area contributed by atoms with Crippen molar-refractivity contribution in [1.29, 1.82) is 0 Å². The van der Waals surface area contributed by atoms with Crippen LogP contribution in [-0.4, -0.2) is 19.9 Å². The average Bonchev–Trinajstić information content (AvgIpc) is 2.56. The molecule has 0 spiro atoms. The molecule has 0 saturated carbocycles. The zero-order chi connectivity index (χ0) is 16.7. The van der Waals surface area contributed by atoms with Crippen LogP contribution in [0.3, 0.4) is 0 Å². The monoisotopic (exact) mass is 314 g/mol. The molecule has 0 aliphatic heterocycles. The van der Waals surface area contributed by atoms with E-state index in [-0.39, 0.29) is 12.8 Å². The number of hydrogen-bond acceptors (Lipinski definition) is 3. The first kappa shape index (κ1) is 16.7. The van der Waals surface area contributed by atoms with Crippen LogP contribution in [0.25, 0.3) is 0 Å². The highest BCUT2D eigenvalue weighted by Crippen LogP contribution is 2.16. The summed E-state index contributed by atoms with van der Waals surface area (Å²) in [6.07, 6.45) is 0. The van der Waals surface area contributed by atoms with Crippen LogP contribution in [-0.2, 0) is 6.54 Å². The molecule has 0 fully saturated rings. The molecule has 5 nitrogen and oxygen atoms in total. The third-order valence-corrected chi connectivity index (χ3v) is 3.54. The second kappa shape index (κ2) is 8.08. The van der Waals surface area contributed by atoms with Crippen LogP contribution >= 0.6 is 0 Å². The Morgan fingerprint density at radius 1 is 1.00 bits per heavy atom. The van der Waals surface area contributed by atoms with Crippen LogP contribution in [0.5, 0.6) is 11.5 Å². The number of nitrogens with one attached hydrogen (secondary N) is 2. The average molecular weight is 314 g/mol. The fourth-order valence-electron chi connectivity index (χ4n) is 2.02. The van der Waals surface area contributed by atoms with Crippen molar-refractivity contribution < 1.29 is 14.3 Å². The summed E-state index contributed by atoms with van der Waals surface area (Å²) in [5.74, 6) is 1.50. The van der Waals surface area contributed by atoms with Gasteiger partial charge in [0, 0.05) is 6.54 Å². The minimum atomic E-state index is -0.281. The number of rotatable bonds is 6. The van der Waals surface area contributed by atoms with E-state index >= 15 is 0 Å². The summed E-state index contributed by atoms with van der Waals surface area (Å²) in [5, 5.41) is 5.43. The molecule has 5 heteroatoms. The Kier molecular flexibility index (Phi) is 5.86. The summed E-state index contributed by atoms with van der Waals surface area (Å²) >= 11 is 0.